The molecular weight excluding hydrogens is 268 g/mol. The van der Waals surface area contributed by atoms with Crippen LogP contribution in [0.4, 0.5) is 10.5 Å². The summed E-state index contributed by atoms with van der Waals surface area (Å²) in [5.74, 6) is 0.797. The highest BCUT2D eigenvalue weighted by Gasteiger charge is 2.13. The number of urea groups is 1. The third-order valence-electron chi connectivity index (χ3n) is 3.19. The molecule has 0 unspecified atom stereocenters. The minimum Gasteiger partial charge on any atom is -0.494 e. The van der Waals surface area contributed by atoms with Gasteiger partial charge in [-0.2, -0.15) is 0 Å². The fourth-order valence-corrected chi connectivity index (χ4v) is 2.01. The molecule has 0 heterocycles. The van der Waals surface area contributed by atoms with Gasteiger partial charge in [-0.15, -0.1) is 0 Å². The van der Waals surface area contributed by atoms with Crippen molar-refractivity contribution in [2.24, 2.45) is 0 Å². The van der Waals surface area contributed by atoms with Crippen molar-refractivity contribution < 1.29 is 14.6 Å². The largest absolute Gasteiger partial charge is 0.494 e. The summed E-state index contributed by atoms with van der Waals surface area (Å²) in [6, 6.07) is 5.41. The number of hydrogen-bond acceptors (Lipinski definition) is 3. The molecule has 0 saturated heterocycles. The second-order valence-corrected chi connectivity index (χ2v) is 4.90. The number of hydrogen-bond donors (Lipinski definition) is 2. The lowest BCUT2D eigenvalue weighted by molar-refractivity contribution is 0.187. The Morgan fingerprint density at radius 1 is 1.33 bits per heavy atom. The number of nitrogens with one attached hydrogen (secondary N) is 1. The van der Waals surface area contributed by atoms with Crippen molar-refractivity contribution in [3.63, 3.8) is 0 Å². The molecule has 1 aromatic carbocycles. The first-order valence-corrected chi connectivity index (χ1v) is 7.52. The van der Waals surface area contributed by atoms with Gasteiger partial charge in [0.25, 0.3) is 0 Å². The molecule has 0 saturated carbocycles. The van der Waals surface area contributed by atoms with Crippen molar-refractivity contribution >= 4 is 11.7 Å². The Morgan fingerprint density at radius 3 is 2.67 bits per heavy atom. The number of aliphatic hydroxyl groups is 1. The van der Waals surface area contributed by atoms with E-state index >= 15 is 0 Å². The van der Waals surface area contributed by atoms with Gasteiger partial charge in [-0.3, -0.25) is 0 Å². The number of ether oxygens (including phenoxy) is 1. The van der Waals surface area contributed by atoms with E-state index in [1.807, 2.05) is 32.0 Å². The van der Waals surface area contributed by atoms with E-state index in [2.05, 4.69) is 12.2 Å². The zero-order valence-corrected chi connectivity index (χ0v) is 13.2. The summed E-state index contributed by atoms with van der Waals surface area (Å²) < 4.78 is 5.43. The predicted octanol–water partition coefficient (Wildman–Crippen LogP) is 3.02. The van der Waals surface area contributed by atoms with Crippen molar-refractivity contribution in [2.45, 2.75) is 33.6 Å². The molecule has 5 nitrogen and oxygen atoms in total. The summed E-state index contributed by atoms with van der Waals surface area (Å²) in [7, 11) is 0. The van der Waals surface area contributed by atoms with Crippen LogP contribution in [0.3, 0.4) is 0 Å². The minimum absolute atomic E-state index is 0.0284. The van der Waals surface area contributed by atoms with Crippen LogP contribution in [0.5, 0.6) is 5.75 Å². The fraction of sp³-hybridized carbons (Fsp3) is 0.562. The maximum absolute atomic E-state index is 12.2. The van der Waals surface area contributed by atoms with Gasteiger partial charge in [-0.05, 0) is 44.0 Å². The SMILES string of the molecule is CCCCN(CCO)C(=O)Nc1ccc(OCC)cc1C. The van der Waals surface area contributed by atoms with Crippen LogP contribution in [0.2, 0.25) is 0 Å². The van der Waals surface area contributed by atoms with E-state index in [9.17, 15) is 4.79 Å². The Labute approximate surface area is 126 Å². The number of benzene rings is 1. The predicted molar refractivity (Wildman–Crippen MR) is 84.9 cm³/mol. The molecule has 2 amide bonds. The summed E-state index contributed by atoms with van der Waals surface area (Å²) >= 11 is 0. The first-order valence-electron chi connectivity index (χ1n) is 7.52. The molecule has 0 radical (unpaired) electrons. The maximum atomic E-state index is 12.2. The summed E-state index contributed by atoms with van der Waals surface area (Å²) in [6.07, 6.45) is 1.94. The minimum atomic E-state index is -0.176. The molecule has 1 rings (SSSR count). The van der Waals surface area contributed by atoms with Crippen LogP contribution in [0.25, 0.3) is 0 Å². The molecule has 5 heteroatoms. The first-order chi connectivity index (χ1) is 10.1. The normalized spacial score (nSPS) is 10.3. The molecule has 21 heavy (non-hydrogen) atoms. The van der Waals surface area contributed by atoms with Gasteiger partial charge in [0.1, 0.15) is 5.75 Å². The monoisotopic (exact) mass is 294 g/mol. The van der Waals surface area contributed by atoms with Crippen molar-refractivity contribution in [1.82, 2.24) is 4.90 Å². The van der Waals surface area contributed by atoms with E-state index < -0.39 is 0 Å². The van der Waals surface area contributed by atoms with Crippen molar-refractivity contribution in [3.8, 4) is 5.75 Å². The van der Waals surface area contributed by atoms with Gasteiger partial charge in [0.15, 0.2) is 0 Å². The molecule has 0 aliphatic carbocycles. The average Bonchev–Trinajstić information content (AvgIpc) is 2.46. The van der Waals surface area contributed by atoms with Gasteiger partial charge in [0.2, 0.25) is 0 Å². The van der Waals surface area contributed by atoms with Crippen LogP contribution >= 0.6 is 0 Å². The summed E-state index contributed by atoms with van der Waals surface area (Å²) in [5, 5.41) is 12.0. The molecule has 0 atom stereocenters. The number of anilines is 1. The Morgan fingerprint density at radius 2 is 2.10 bits per heavy atom. The lowest BCUT2D eigenvalue weighted by Crippen LogP contribution is -2.37. The number of carbonyl (C=O) groups excluding carboxylic acids is 1. The highest BCUT2D eigenvalue weighted by Crippen LogP contribution is 2.21. The van der Waals surface area contributed by atoms with E-state index in [4.69, 9.17) is 9.84 Å². The van der Waals surface area contributed by atoms with E-state index in [1.165, 1.54) is 0 Å². The number of nitrogens with zero attached hydrogens (tertiary/aromatic N) is 1. The zero-order chi connectivity index (χ0) is 15.7. The van der Waals surface area contributed by atoms with Gasteiger partial charge in [0.05, 0.1) is 13.2 Å². The van der Waals surface area contributed by atoms with Gasteiger partial charge >= 0.3 is 6.03 Å². The fourth-order valence-electron chi connectivity index (χ4n) is 2.01. The Bertz CT molecular complexity index is 449. The second-order valence-electron chi connectivity index (χ2n) is 4.90. The number of unbranched alkanes of at least 4 members (excludes halogenated alkanes) is 1. The molecule has 0 spiro atoms. The van der Waals surface area contributed by atoms with E-state index in [0.29, 0.717) is 19.7 Å². The average molecular weight is 294 g/mol. The van der Waals surface area contributed by atoms with E-state index in [1.54, 1.807) is 4.90 Å². The lowest BCUT2D eigenvalue weighted by atomic mass is 10.2. The lowest BCUT2D eigenvalue weighted by Gasteiger charge is -2.22. The molecule has 118 valence electrons. The van der Waals surface area contributed by atoms with Crippen LogP contribution in [0.1, 0.15) is 32.3 Å². The molecule has 2 N–H and O–H groups in total. The third-order valence-corrected chi connectivity index (χ3v) is 3.19. The number of amides is 2. The highest BCUT2D eigenvalue weighted by atomic mass is 16.5. The van der Waals surface area contributed by atoms with Crippen LogP contribution in [-0.2, 0) is 0 Å². The molecule has 0 aliphatic heterocycles. The molecular formula is C16H26N2O3. The summed E-state index contributed by atoms with van der Waals surface area (Å²) in [6.45, 7) is 7.53. The van der Waals surface area contributed by atoms with Crippen LogP contribution in [-0.4, -0.2) is 42.3 Å². The van der Waals surface area contributed by atoms with Crippen molar-refractivity contribution in [3.05, 3.63) is 23.8 Å². The van der Waals surface area contributed by atoms with Crippen molar-refractivity contribution in [1.29, 1.82) is 0 Å². The van der Waals surface area contributed by atoms with Crippen molar-refractivity contribution in [2.75, 3.05) is 31.6 Å². The van der Waals surface area contributed by atoms with Crippen LogP contribution < -0.4 is 10.1 Å². The quantitative estimate of drug-likeness (QED) is 0.774. The van der Waals surface area contributed by atoms with Gasteiger partial charge in [-0.1, -0.05) is 13.3 Å². The van der Waals surface area contributed by atoms with Crippen LogP contribution in [0, 0.1) is 6.92 Å². The summed E-state index contributed by atoms with van der Waals surface area (Å²) in [4.78, 5) is 13.9. The molecule has 1 aromatic rings. The summed E-state index contributed by atoms with van der Waals surface area (Å²) in [5.41, 5.74) is 1.72. The number of aliphatic hydroxyl groups excluding tert-OH is 1. The smallest absolute Gasteiger partial charge is 0.321 e. The molecule has 0 aromatic heterocycles. The topological polar surface area (TPSA) is 61.8 Å². The van der Waals surface area contributed by atoms with Gasteiger partial charge < -0.3 is 20.1 Å². The van der Waals surface area contributed by atoms with E-state index in [0.717, 1.165) is 29.8 Å². The number of aryl methyl sites for hydroxylation is 1. The Hall–Kier alpha value is -1.75. The number of carbonyl (C=O) groups is 1. The first kappa shape index (κ1) is 17.3. The Kier molecular flexibility index (Phi) is 7.61. The standard InChI is InChI=1S/C16H26N2O3/c1-4-6-9-18(10-11-19)16(20)17-15-8-7-14(21-5-2)12-13(15)3/h7-8,12,19H,4-6,9-11H2,1-3H3,(H,17,20). The number of rotatable bonds is 8. The molecule has 0 bridgehead atoms. The molecule has 0 fully saturated rings. The van der Waals surface area contributed by atoms with Gasteiger partial charge in [0, 0.05) is 18.8 Å². The second kappa shape index (κ2) is 9.23. The van der Waals surface area contributed by atoms with Gasteiger partial charge in [-0.25, -0.2) is 4.79 Å². The third kappa shape index (κ3) is 5.63. The zero-order valence-electron chi connectivity index (χ0n) is 13.2. The van der Waals surface area contributed by atoms with Crippen LogP contribution in [0.15, 0.2) is 18.2 Å². The maximum Gasteiger partial charge on any atom is 0.321 e. The highest BCUT2D eigenvalue weighted by molar-refractivity contribution is 5.90. The molecule has 0 aliphatic rings. The van der Waals surface area contributed by atoms with E-state index in [-0.39, 0.29) is 12.6 Å². The Balaban J connectivity index is 2.71.